The van der Waals surface area contributed by atoms with E-state index in [1.54, 1.807) is 0 Å². The van der Waals surface area contributed by atoms with E-state index in [4.69, 9.17) is 4.74 Å². The summed E-state index contributed by atoms with van der Waals surface area (Å²) in [6, 6.07) is 0. The second kappa shape index (κ2) is 3.55. The van der Waals surface area contributed by atoms with E-state index in [1.165, 1.54) is 4.90 Å². The Kier molecular flexibility index (Phi) is 2.28. The van der Waals surface area contributed by atoms with Gasteiger partial charge in [-0.1, -0.05) is 13.3 Å². The predicted molar refractivity (Wildman–Crippen MR) is 56.5 cm³/mol. The maximum absolute atomic E-state index is 12.1. The van der Waals surface area contributed by atoms with E-state index >= 15 is 0 Å². The van der Waals surface area contributed by atoms with Gasteiger partial charge in [-0.2, -0.15) is 0 Å². The number of unbranched alkanes of at least 4 members (excludes halogenated alkanes) is 1. The maximum atomic E-state index is 12.1. The van der Waals surface area contributed by atoms with Gasteiger partial charge < -0.3 is 4.74 Å². The second-order valence-corrected chi connectivity index (χ2v) is 5.02. The fourth-order valence-corrected chi connectivity index (χ4v) is 3.31. The minimum absolute atomic E-state index is 0.0238. The Bertz CT molecular complexity index is 313. The van der Waals surface area contributed by atoms with Crippen molar-refractivity contribution in [3.05, 3.63) is 0 Å². The molecule has 0 N–H and O–H groups in total. The van der Waals surface area contributed by atoms with E-state index in [2.05, 4.69) is 6.92 Å². The molecule has 3 rings (SSSR count). The van der Waals surface area contributed by atoms with Gasteiger partial charge in [0.05, 0.1) is 24.0 Å². The smallest absolute Gasteiger partial charge is 0.235 e. The van der Waals surface area contributed by atoms with E-state index < -0.39 is 0 Å². The molecule has 16 heavy (non-hydrogen) atoms. The average molecular weight is 223 g/mol. The first-order valence-electron chi connectivity index (χ1n) is 6.24. The number of hydrogen-bond donors (Lipinski definition) is 0. The van der Waals surface area contributed by atoms with Gasteiger partial charge in [0, 0.05) is 6.54 Å². The number of nitrogens with zero attached hydrogens (tertiary/aromatic N) is 1. The molecule has 0 unspecified atom stereocenters. The molecule has 3 aliphatic rings. The lowest BCUT2D eigenvalue weighted by atomic mass is 9.81. The molecule has 0 spiro atoms. The van der Waals surface area contributed by atoms with E-state index in [-0.39, 0.29) is 35.9 Å². The van der Waals surface area contributed by atoms with Gasteiger partial charge >= 0.3 is 0 Å². The highest BCUT2D eigenvalue weighted by Crippen LogP contribution is 2.48. The standard InChI is InChI=1S/C12H17NO3/c1-2-3-6-13-11(14)9-7-4-5-8(16-7)10(9)12(13)15/h7-10H,2-6H2,1H3/t7-,8-,9-,10-/m0/s1. The summed E-state index contributed by atoms with van der Waals surface area (Å²) in [7, 11) is 0. The number of imide groups is 1. The minimum Gasteiger partial charge on any atom is -0.373 e. The number of likely N-dealkylation sites (tertiary alicyclic amines) is 1. The summed E-state index contributed by atoms with van der Waals surface area (Å²) in [4.78, 5) is 25.7. The van der Waals surface area contributed by atoms with Crippen molar-refractivity contribution in [1.82, 2.24) is 4.90 Å². The van der Waals surface area contributed by atoms with Crippen molar-refractivity contribution in [3.8, 4) is 0 Å². The summed E-state index contributed by atoms with van der Waals surface area (Å²) >= 11 is 0. The van der Waals surface area contributed by atoms with Gasteiger partial charge in [-0.05, 0) is 19.3 Å². The van der Waals surface area contributed by atoms with Crippen LogP contribution in [0.5, 0.6) is 0 Å². The summed E-state index contributed by atoms with van der Waals surface area (Å²) in [6.45, 7) is 2.67. The van der Waals surface area contributed by atoms with Gasteiger partial charge in [0.2, 0.25) is 11.8 Å². The highest BCUT2D eigenvalue weighted by atomic mass is 16.5. The number of carbonyl (C=O) groups is 2. The molecule has 3 aliphatic heterocycles. The largest absolute Gasteiger partial charge is 0.373 e. The molecule has 2 bridgehead atoms. The lowest BCUT2D eigenvalue weighted by molar-refractivity contribution is -0.142. The first-order valence-corrected chi connectivity index (χ1v) is 6.24. The van der Waals surface area contributed by atoms with Gasteiger partial charge in [-0.15, -0.1) is 0 Å². The van der Waals surface area contributed by atoms with Crippen molar-refractivity contribution in [2.75, 3.05) is 6.54 Å². The zero-order valence-electron chi connectivity index (χ0n) is 9.52. The van der Waals surface area contributed by atoms with E-state index in [9.17, 15) is 9.59 Å². The Balaban J connectivity index is 1.81. The van der Waals surface area contributed by atoms with Gasteiger partial charge in [0.15, 0.2) is 0 Å². The summed E-state index contributed by atoms with van der Waals surface area (Å²) < 4.78 is 5.66. The monoisotopic (exact) mass is 223 g/mol. The summed E-state index contributed by atoms with van der Waals surface area (Å²) in [5.41, 5.74) is 0. The highest BCUT2D eigenvalue weighted by molar-refractivity contribution is 6.06. The SMILES string of the molecule is CCCCN1C(=O)[C@@H]2[C@@H](C1=O)[C@@H]1CC[C@@H]2O1. The third-order valence-corrected chi connectivity index (χ3v) is 4.11. The summed E-state index contributed by atoms with van der Waals surface area (Å²) in [5, 5.41) is 0. The van der Waals surface area contributed by atoms with Gasteiger partial charge in [-0.3, -0.25) is 14.5 Å². The molecule has 88 valence electrons. The maximum Gasteiger partial charge on any atom is 0.235 e. The van der Waals surface area contributed by atoms with Crippen molar-refractivity contribution in [2.24, 2.45) is 11.8 Å². The van der Waals surface area contributed by atoms with Crippen LogP contribution in [0.4, 0.5) is 0 Å². The van der Waals surface area contributed by atoms with Gasteiger partial charge in [-0.25, -0.2) is 0 Å². The molecule has 0 radical (unpaired) electrons. The van der Waals surface area contributed by atoms with Crippen molar-refractivity contribution >= 4 is 11.8 Å². The van der Waals surface area contributed by atoms with Crippen molar-refractivity contribution in [2.45, 2.75) is 44.8 Å². The first-order chi connectivity index (χ1) is 7.74. The number of carbonyl (C=O) groups excluding carboxylic acids is 2. The Morgan fingerprint density at radius 1 is 1.19 bits per heavy atom. The molecule has 4 atom stereocenters. The third-order valence-electron chi connectivity index (χ3n) is 4.11. The fourth-order valence-electron chi connectivity index (χ4n) is 3.31. The molecular weight excluding hydrogens is 206 g/mol. The number of amides is 2. The van der Waals surface area contributed by atoms with Crippen LogP contribution in [0.3, 0.4) is 0 Å². The van der Waals surface area contributed by atoms with Crippen LogP contribution in [0.25, 0.3) is 0 Å². The van der Waals surface area contributed by atoms with Gasteiger partial charge in [0.25, 0.3) is 0 Å². The van der Waals surface area contributed by atoms with E-state index in [0.29, 0.717) is 6.54 Å². The molecule has 3 heterocycles. The molecule has 3 saturated heterocycles. The molecule has 0 aromatic carbocycles. The van der Waals surface area contributed by atoms with Crippen molar-refractivity contribution in [3.63, 3.8) is 0 Å². The third kappa shape index (κ3) is 1.19. The predicted octanol–water partition coefficient (Wildman–Crippen LogP) is 0.949. The lowest BCUT2D eigenvalue weighted by Gasteiger charge is -2.16. The Labute approximate surface area is 94.9 Å². The van der Waals surface area contributed by atoms with Crippen LogP contribution in [0.1, 0.15) is 32.6 Å². The summed E-state index contributed by atoms with van der Waals surface area (Å²) in [6.07, 6.45) is 3.87. The molecular formula is C12H17NO3. The molecule has 0 aromatic heterocycles. The Morgan fingerprint density at radius 3 is 2.25 bits per heavy atom. The number of hydrogen-bond acceptors (Lipinski definition) is 3. The van der Waals surface area contributed by atoms with Crippen LogP contribution in [-0.2, 0) is 14.3 Å². The first kappa shape index (κ1) is 10.3. The molecule has 4 nitrogen and oxygen atoms in total. The van der Waals surface area contributed by atoms with Crippen LogP contribution in [0, 0.1) is 11.8 Å². The molecule has 2 amide bonds. The quantitative estimate of drug-likeness (QED) is 0.669. The second-order valence-electron chi connectivity index (χ2n) is 5.02. The zero-order valence-corrected chi connectivity index (χ0v) is 9.52. The fraction of sp³-hybridized carbons (Fsp3) is 0.833. The van der Waals surface area contributed by atoms with Gasteiger partial charge in [0.1, 0.15) is 0 Å². The van der Waals surface area contributed by atoms with Crippen LogP contribution in [0.2, 0.25) is 0 Å². The summed E-state index contributed by atoms with van der Waals surface area (Å²) in [5.74, 6) is -0.252. The molecule has 0 aliphatic carbocycles. The normalized spacial score (nSPS) is 40.9. The number of ether oxygens (including phenoxy) is 1. The molecule has 0 saturated carbocycles. The topological polar surface area (TPSA) is 46.6 Å². The van der Waals surface area contributed by atoms with Crippen LogP contribution < -0.4 is 0 Å². The molecule has 3 fully saturated rings. The van der Waals surface area contributed by atoms with Crippen LogP contribution >= 0.6 is 0 Å². The molecule has 4 heteroatoms. The minimum atomic E-state index is -0.150. The van der Waals surface area contributed by atoms with E-state index in [1.807, 2.05) is 0 Å². The zero-order chi connectivity index (χ0) is 11.3. The van der Waals surface area contributed by atoms with E-state index in [0.717, 1.165) is 25.7 Å². The van der Waals surface area contributed by atoms with Crippen molar-refractivity contribution < 1.29 is 14.3 Å². The highest BCUT2D eigenvalue weighted by Gasteiger charge is 2.61. The Hall–Kier alpha value is -0.900. The number of rotatable bonds is 3. The molecule has 0 aromatic rings. The average Bonchev–Trinajstić information content (AvgIpc) is 2.92. The Morgan fingerprint density at radius 2 is 1.75 bits per heavy atom. The number of fused-ring (bicyclic) bond motifs is 5. The lowest BCUT2D eigenvalue weighted by Crippen LogP contribution is -2.34. The van der Waals surface area contributed by atoms with Crippen LogP contribution in [-0.4, -0.2) is 35.5 Å². The van der Waals surface area contributed by atoms with Crippen molar-refractivity contribution in [1.29, 1.82) is 0 Å². The van der Waals surface area contributed by atoms with Crippen LogP contribution in [0.15, 0.2) is 0 Å².